The SMILES string of the molecule is Cc1cc(-c2ccc3c(c2)OCCO3)nnc1N. The van der Waals surface area contributed by atoms with Crippen molar-refractivity contribution in [1.82, 2.24) is 10.2 Å². The van der Waals surface area contributed by atoms with E-state index in [-0.39, 0.29) is 0 Å². The van der Waals surface area contributed by atoms with E-state index in [2.05, 4.69) is 10.2 Å². The van der Waals surface area contributed by atoms with Gasteiger partial charge in [-0.1, -0.05) is 0 Å². The Balaban J connectivity index is 2.03. The maximum atomic E-state index is 5.66. The van der Waals surface area contributed by atoms with Crippen molar-refractivity contribution < 1.29 is 9.47 Å². The average molecular weight is 243 g/mol. The van der Waals surface area contributed by atoms with Crippen LogP contribution in [-0.2, 0) is 0 Å². The van der Waals surface area contributed by atoms with Gasteiger partial charge in [-0.25, -0.2) is 0 Å². The fraction of sp³-hybridized carbons (Fsp3) is 0.231. The first kappa shape index (κ1) is 10.8. The lowest BCUT2D eigenvalue weighted by Crippen LogP contribution is -2.15. The maximum Gasteiger partial charge on any atom is 0.162 e. The number of nitrogen functional groups attached to an aromatic ring is 1. The van der Waals surface area contributed by atoms with E-state index in [0.29, 0.717) is 19.0 Å². The predicted octanol–water partition coefficient (Wildman–Crippen LogP) is 1.81. The van der Waals surface area contributed by atoms with Crippen LogP contribution in [0.15, 0.2) is 24.3 Å². The number of aromatic nitrogens is 2. The topological polar surface area (TPSA) is 70.3 Å². The van der Waals surface area contributed by atoms with Crippen molar-refractivity contribution in [3.05, 3.63) is 29.8 Å². The molecule has 0 amide bonds. The Labute approximate surface area is 105 Å². The highest BCUT2D eigenvalue weighted by atomic mass is 16.6. The van der Waals surface area contributed by atoms with E-state index < -0.39 is 0 Å². The number of fused-ring (bicyclic) bond motifs is 1. The summed E-state index contributed by atoms with van der Waals surface area (Å²) in [5.41, 5.74) is 8.29. The summed E-state index contributed by atoms with van der Waals surface area (Å²) >= 11 is 0. The molecule has 0 fully saturated rings. The number of benzene rings is 1. The molecule has 0 saturated carbocycles. The van der Waals surface area contributed by atoms with Gasteiger partial charge in [0.2, 0.25) is 0 Å². The zero-order valence-corrected chi connectivity index (χ0v) is 10.0. The predicted molar refractivity (Wildman–Crippen MR) is 67.6 cm³/mol. The van der Waals surface area contributed by atoms with Gasteiger partial charge >= 0.3 is 0 Å². The minimum atomic E-state index is 0.455. The van der Waals surface area contributed by atoms with Crippen LogP contribution in [0.5, 0.6) is 11.5 Å². The van der Waals surface area contributed by atoms with E-state index in [1.54, 1.807) is 0 Å². The van der Waals surface area contributed by atoms with E-state index in [1.165, 1.54) is 0 Å². The standard InChI is InChI=1S/C13H13N3O2/c1-8-6-10(15-16-13(8)14)9-2-3-11-12(7-9)18-5-4-17-11/h2-3,6-7H,4-5H2,1H3,(H2,14,16). The summed E-state index contributed by atoms with van der Waals surface area (Å²) in [4.78, 5) is 0. The number of nitrogens with two attached hydrogens (primary N) is 1. The first-order valence-corrected chi connectivity index (χ1v) is 5.74. The molecule has 1 aromatic heterocycles. The second-order valence-corrected chi connectivity index (χ2v) is 4.16. The monoisotopic (exact) mass is 243 g/mol. The highest BCUT2D eigenvalue weighted by molar-refractivity contribution is 5.65. The van der Waals surface area contributed by atoms with Crippen LogP contribution < -0.4 is 15.2 Å². The van der Waals surface area contributed by atoms with Gasteiger partial charge in [0.15, 0.2) is 11.5 Å². The first-order chi connectivity index (χ1) is 8.74. The molecule has 0 aliphatic carbocycles. The lowest BCUT2D eigenvalue weighted by atomic mass is 10.1. The normalized spacial score (nSPS) is 13.4. The molecule has 0 spiro atoms. The summed E-state index contributed by atoms with van der Waals surface area (Å²) < 4.78 is 11.0. The Hall–Kier alpha value is -2.30. The lowest BCUT2D eigenvalue weighted by Gasteiger charge is -2.18. The molecule has 1 aromatic carbocycles. The average Bonchev–Trinajstić information content (AvgIpc) is 2.41. The minimum absolute atomic E-state index is 0.455. The fourth-order valence-electron chi connectivity index (χ4n) is 1.84. The smallest absolute Gasteiger partial charge is 0.162 e. The van der Waals surface area contributed by atoms with Gasteiger partial charge in [-0.15, -0.1) is 10.2 Å². The Kier molecular flexibility index (Phi) is 2.51. The number of anilines is 1. The van der Waals surface area contributed by atoms with Crippen molar-refractivity contribution in [3.8, 4) is 22.8 Å². The van der Waals surface area contributed by atoms with Crippen LogP contribution in [0.1, 0.15) is 5.56 Å². The van der Waals surface area contributed by atoms with Crippen molar-refractivity contribution in [2.24, 2.45) is 0 Å². The molecule has 0 radical (unpaired) electrons. The van der Waals surface area contributed by atoms with Crippen molar-refractivity contribution >= 4 is 5.82 Å². The van der Waals surface area contributed by atoms with Gasteiger partial charge < -0.3 is 15.2 Å². The third-order valence-electron chi connectivity index (χ3n) is 2.86. The molecule has 1 aliphatic heterocycles. The Morgan fingerprint density at radius 2 is 1.83 bits per heavy atom. The van der Waals surface area contributed by atoms with Crippen LogP contribution in [0.25, 0.3) is 11.3 Å². The molecule has 2 heterocycles. The number of ether oxygens (including phenoxy) is 2. The van der Waals surface area contributed by atoms with E-state index >= 15 is 0 Å². The Morgan fingerprint density at radius 3 is 2.61 bits per heavy atom. The summed E-state index contributed by atoms with van der Waals surface area (Å²) in [6.45, 7) is 3.07. The van der Waals surface area contributed by atoms with Crippen LogP contribution in [0, 0.1) is 6.92 Å². The maximum absolute atomic E-state index is 5.66. The van der Waals surface area contributed by atoms with Crippen LogP contribution >= 0.6 is 0 Å². The molecule has 5 nitrogen and oxygen atoms in total. The molecular weight excluding hydrogens is 230 g/mol. The molecule has 2 aromatic rings. The molecule has 18 heavy (non-hydrogen) atoms. The molecule has 92 valence electrons. The number of aryl methyl sites for hydroxylation is 1. The fourth-order valence-corrected chi connectivity index (χ4v) is 1.84. The molecular formula is C13H13N3O2. The third kappa shape index (κ3) is 1.84. The van der Waals surface area contributed by atoms with Gasteiger partial charge in [-0.05, 0) is 36.8 Å². The van der Waals surface area contributed by atoms with Crippen LogP contribution in [0.3, 0.4) is 0 Å². The number of hydrogen-bond donors (Lipinski definition) is 1. The molecule has 2 N–H and O–H groups in total. The number of rotatable bonds is 1. The highest BCUT2D eigenvalue weighted by Crippen LogP contribution is 2.34. The minimum Gasteiger partial charge on any atom is -0.486 e. The Morgan fingerprint density at radius 1 is 1.06 bits per heavy atom. The van der Waals surface area contributed by atoms with Gasteiger partial charge in [0.25, 0.3) is 0 Å². The third-order valence-corrected chi connectivity index (χ3v) is 2.86. The second kappa shape index (κ2) is 4.18. The molecule has 3 rings (SSSR count). The van der Waals surface area contributed by atoms with E-state index in [1.807, 2.05) is 31.2 Å². The van der Waals surface area contributed by atoms with E-state index in [0.717, 1.165) is 28.3 Å². The summed E-state index contributed by atoms with van der Waals surface area (Å²) in [6, 6.07) is 7.65. The first-order valence-electron chi connectivity index (χ1n) is 5.74. The molecule has 0 atom stereocenters. The largest absolute Gasteiger partial charge is 0.486 e. The summed E-state index contributed by atoms with van der Waals surface area (Å²) in [5.74, 6) is 1.97. The molecule has 0 unspecified atom stereocenters. The van der Waals surface area contributed by atoms with Gasteiger partial charge in [0, 0.05) is 5.56 Å². The van der Waals surface area contributed by atoms with Crippen molar-refractivity contribution in [2.75, 3.05) is 18.9 Å². The molecule has 1 aliphatic rings. The lowest BCUT2D eigenvalue weighted by molar-refractivity contribution is 0.171. The zero-order valence-electron chi connectivity index (χ0n) is 10.0. The van der Waals surface area contributed by atoms with Gasteiger partial charge in [-0.3, -0.25) is 0 Å². The van der Waals surface area contributed by atoms with Crippen molar-refractivity contribution in [2.45, 2.75) is 6.92 Å². The number of nitrogens with zero attached hydrogens (tertiary/aromatic N) is 2. The van der Waals surface area contributed by atoms with Gasteiger partial charge in [0.1, 0.15) is 19.0 Å². The quantitative estimate of drug-likeness (QED) is 0.827. The van der Waals surface area contributed by atoms with E-state index in [4.69, 9.17) is 15.2 Å². The molecule has 0 bridgehead atoms. The Bertz CT molecular complexity index is 599. The zero-order chi connectivity index (χ0) is 12.5. The highest BCUT2D eigenvalue weighted by Gasteiger charge is 2.13. The van der Waals surface area contributed by atoms with E-state index in [9.17, 15) is 0 Å². The van der Waals surface area contributed by atoms with Crippen LogP contribution in [0.4, 0.5) is 5.82 Å². The molecule has 5 heteroatoms. The number of hydrogen-bond acceptors (Lipinski definition) is 5. The van der Waals surface area contributed by atoms with Crippen molar-refractivity contribution in [1.29, 1.82) is 0 Å². The van der Waals surface area contributed by atoms with Crippen LogP contribution in [-0.4, -0.2) is 23.4 Å². The van der Waals surface area contributed by atoms with Gasteiger partial charge in [-0.2, -0.15) is 0 Å². The van der Waals surface area contributed by atoms with Crippen LogP contribution in [0.2, 0.25) is 0 Å². The summed E-state index contributed by atoms with van der Waals surface area (Å²) in [6.07, 6.45) is 0. The second-order valence-electron chi connectivity index (χ2n) is 4.16. The summed E-state index contributed by atoms with van der Waals surface area (Å²) in [7, 11) is 0. The van der Waals surface area contributed by atoms with Crippen molar-refractivity contribution in [3.63, 3.8) is 0 Å². The summed E-state index contributed by atoms with van der Waals surface area (Å²) in [5, 5.41) is 8.01. The van der Waals surface area contributed by atoms with Gasteiger partial charge in [0.05, 0.1) is 5.69 Å². The molecule has 0 saturated heterocycles.